The third kappa shape index (κ3) is 1.20. The first-order chi connectivity index (χ1) is 5.81. The Balaban J connectivity index is 2.08. The van der Waals surface area contributed by atoms with Gasteiger partial charge in [-0.25, -0.2) is 0 Å². The first-order valence-corrected chi connectivity index (χ1v) is 4.69. The van der Waals surface area contributed by atoms with Gasteiger partial charge >= 0.3 is 0 Å². The second-order valence-electron chi connectivity index (χ2n) is 3.82. The highest BCUT2D eigenvalue weighted by Gasteiger charge is 2.38. The maximum absolute atomic E-state index is 11.2. The van der Waals surface area contributed by atoms with E-state index in [2.05, 4.69) is 11.5 Å². The molecule has 0 aromatic carbocycles. The van der Waals surface area contributed by atoms with Gasteiger partial charge in [-0.2, -0.15) is 0 Å². The number of Topliss-reactive ketones (excluding diaryl/α,β-unsaturated/α-hetero) is 1. The molecule has 2 saturated heterocycles. The Hall–Kier alpha value is -0.630. The van der Waals surface area contributed by atoms with Gasteiger partial charge < -0.3 is 0 Å². The topological polar surface area (TPSA) is 20.3 Å². The minimum atomic E-state index is 0.461. The molecular formula is C10H15NO. The van der Waals surface area contributed by atoms with Crippen molar-refractivity contribution in [1.29, 1.82) is 0 Å². The molecule has 0 saturated carbocycles. The molecule has 0 aliphatic carbocycles. The van der Waals surface area contributed by atoms with E-state index >= 15 is 0 Å². The third-order valence-corrected chi connectivity index (χ3v) is 3.04. The lowest BCUT2D eigenvalue weighted by atomic mass is 10.0. The van der Waals surface area contributed by atoms with E-state index in [9.17, 15) is 4.79 Å². The smallest absolute Gasteiger partial charge is 0.136 e. The second kappa shape index (κ2) is 3.02. The van der Waals surface area contributed by atoms with Gasteiger partial charge in [-0.3, -0.25) is 9.69 Å². The fourth-order valence-corrected chi connectivity index (χ4v) is 2.51. The van der Waals surface area contributed by atoms with Gasteiger partial charge in [0.05, 0.1) is 0 Å². The van der Waals surface area contributed by atoms with Crippen molar-refractivity contribution in [2.45, 2.75) is 37.8 Å². The van der Waals surface area contributed by atoms with Crippen molar-refractivity contribution in [1.82, 2.24) is 4.90 Å². The lowest BCUT2D eigenvalue weighted by Crippen LogP contribution is -2.42. The Morgan fingerprint density at radius 1 is 1.42 bits per heavy atom. The van der Waals surface area contributed by atoms with Gasteiger partial charge in [-0.05, 0) is 12.8 Å². The number of hydrogen-bond donors (Lipinski definition) is 0. The van der Waals surface area contributed by atoms with Crippen LogP contribution in [-0.4, -0.2) is 29.3 Å². The van der Waals surface area contributed by atoms with Gasteiger partial charge in [-0.15, -0.1) is 6.58 Å². The highest BCUT2D eigenvalue weighted by molar-refractivity contribution is 5.80. The molecule has 2 bridgehead atoms. The summed E-state index contributed by atoms with van der Waals surface area (Å²) in [5, 5.41) is 0. The number of ketones is 1. The van der Waals surface area contributed by atoms with Crippen molar-refractivity contribution >= 4 is 5.78 Å². The molecule has 2 nitrogen and oxygen atoms in total. The van der Waals surface area contributed by atoms with Crippen LogP contribution in [0.5, 0.6) is 0 Å². The summed E-state index contributed by atoms with van der Waals surface area (Å²) in [6, 6.07) is 1.07. The monoisotopic (exact) mass is 165 g/mol. The molecule has 12 heavy (non-hydrogen) atoms. The summed E-state index contributed by atoms with van der Waals surface area (Å²) in [5.74, 6) is 0.461. The van der Waals surface area contributed by atoms with Crippen LogP contribution in [0.3, 0.4) is 0 Å². The van der Waals surface area contributed by atoms with Crippen molar-refractivity contribution in [2.24, 2.45) is 0 Å². The van der Waals surface area contributed by atoms with Gasteiger partial charge in [0.1, 0.15) is 5.78 Å². The molecule has 0 amide bonds. The van der Waals surface area contributed by atoms with Gasteiger partial charge in [0.15, 0.2) is 0 Å². The molecule has 2 rings (SSSR count). The quantitative estimate of drug-likeness (QED) is 0.576. The predicted octanol–water partition coefficient (Wildman–Crippen LogP) is 1.37. The Labute approximate surface area is 73.2 Å². The molecule has 0 N–H and O–H groups in total. The summed E-state index contributed by atoms with van der Waals surface area (Å²) in [5.41, 5.74) is 0. The van der Waals surface area contributed by atoms with Crippen molar-refractivity contribution in [3.63, 3.8) is 0 Å². The van der Waals surface area contributed by atoms with Crippen molar-refractivity contribution in [3.8, 4) is 0 Å². The molecule has 2 fully saturated rings. The Morgan fingerprint density at radius 3 is 2.50 bits per heavy atom. The normalized spacial score (nSPS) is 35.5. The minimum Gasteiger partial charge on any atom is -0.300 e. The van der Waals surface area contributed by atoms with Crippen LogP contribution in [0.1, 0.15) is 25.7 Å². The van der Waals surface area contributed by atoms with Crippen LogP contribution >= 0.6 is 0 Å². The standard InChI is InChI=1S/C10H15NO/c1-2-5-11-8-3-4-9(11)7-10(12)6-8/h2,8-9H,1,3-7H2/t8-,9+. The highest BCUT2D eigenvalue weighted by Crippen LogP contribution is 2.33. The Morgan fingerprint density at radius 2 is 2.00 bits per heavy atom. The zero-order chi connectivity index (χ0) is 8.55. The molecule has 0 aromatic rings. The molecule has 2 heteroatoms. The number of fused-ring (bicyclic) bond motifs is 2. The summed E-state index contributed by atoms with van der Waals surface area (Å²) < 4.78 is 0. The Bertz CT molecular complexity index is 196. The molecule has 2 atom stereocenters. The van der Waals surface area contributed by atoms with E-state index in [0.717, 1.165) is 19.4 Å². The molecule has 2 heterocycles. The van der Waals surface area contributed by atoms with Crippen LogP contribution in [0.15, 0.2) is 12.7 Å². The zero-order valence-corrected chi connectivity index (χ0v) is 7.33. The molecule has 0 unspecified atom stereocenters. The molecule has 2 aliphatic heterocycles. The van der Waals surface area contributed by atoms with Gasteiger partial charge in [0.25, 0.3) is 0 Å². The highest BCUT2D eigenvalue weighted by atomic mass is 16.1. The lowest BCUT2D eigenvalue weighted by molar-refractivity contribution is -0.123. The summed E-state index contributed by atoms with van der Waals surface area (Å²) in [4.78, 5) is 13.7. The van der Waals surface area contributed by atoms with E-state index in [1.165, 1.54) is 12.8 Å². The number of rotatable bonds is 2. The van der Waals surface area contributed by atoms with Crippen LogP contribution in [0.4, 0.5) is 0 Å². The van der Waals surface area contributed by atoms with Crippen molar-refractivity contribution in [3.05, 3.63) is 12.7 Å². The number of hydrogen-bond acceptors (Lipinski definition) is 2. The largest absolute Gasteiger partial charge is 0.300 e. The van der Waals surface area contributed by atoms with Crippen LogP contribution < -0.4 is 0 Å². The first kappa shape index (κ1) is 7.99. The van der Waals surface area contributed by atoms with E-state index in [0.29, 0.717) is 17.9 Å². The number of carbonyl (C=O) groups excluding carboxylic acids is 1. The van der Waals surface area contributed by atoms with Gasteiger partial charge in [-0.1, -0.05) is 6.08 Å². The third-order valence-electron chi connectivity index (χ3n) is 3.04. The molecule has 2 aliphatic rings. The predicted molar refractivity (Wildman–Crippen MR) is 48.0 cm³/mol. The summed E-state index contributed by atoms with van der Waals surface area (Å²) in [6.07, 6.45) is 5.93. The average Bonchev–Trinajstić information content (AvgIpc) is 2.32. The fraction of sp³-hybridized carbons (Fsp3) is 0.700. The molecular weight excluding hydrogens is 150 g/mol. The summed E-state index contributed by atoms with van der Waals surface area (Å²) in [7, 11) is 0. The molecule has 0 aromatic heterocycles. The number of piperidine rings is 1. The van der Waals surface area contributed by atoms with Gasteiger partial charge in [0.2, 0.25) is 0 Å². The second-order valence-corrected chi connectivity index (χ2v) is 3.82. The van der Waals surface area contributed by atoms with E-state index < -0.39 is 0 Å². The lowest BCUT2D eigenvalue weighted by Gasteiger charge is -2.32. The number of nitrogens with zero attached hydrogens (tertiary/aromatic N) is 1. The average molecular weight is 165 g/mol. The minimum absolute atomic E-state index is 0.461. The van der Waals surface area contributed by atoms with E-state index in [1.54, 1.807) is 0 Å². The first-order valence-electron chi connectivity index (χ1n) is 4.69. The molecule has 66 valence electrons. The maximum atomic E-state index is 11.2. The van der Waals surface area contributed by atoms with E-state index in [-0.39, 0.29) is 0 Å². The summed E-state index contributed by atoms with van der Waals surface area (Å²) >= 11 is 0. The SMILES string of the molecule is C=CCN1[C@@H]2CC[C@H]1CC(=O)C2. The van der Waals surface area contributed by atoms with E-state index in [4.69, 9.17) is 0 Å². The van der Waals surface area contributed by atoms with Crippen LogP contribution in [0, 0.1) is 0 Å². The number of carbonyl (C=O) groups is 1. The molecule has 0 spiro atoms. The fourth-order valence-electron chi connectivity index (χ4n) is 2.51. The molecule has 0 radical (unpaired) electrons. The van der Waals surface area contributed by atoms with Crippen molar-refractivity contribution in [2.75, 3.05) is 6.54 Å². The van der Waals surface area contributed by atoms with Gasteiger partial charge in [0, 0.05) is 31.5 Å². The Kier molecular flexibility index (Phi) is 2.01. The van der Waals surface area contributed by atoms with Crippen molar-refractivity contribution < 1.29 is 4.79 Å². The van der Waals surface area contributed by atoms with Crippen LogP contribution in [-0.2, 0) is 4.79 Å². The zero-order valence-electron chi connectivity index (χ0n) is 7.33. The van der Waals surface area contributed by atoms with E-state index in [1.807, 2.05) is 6.08 Å². The van der Waals surface area contributed by atoms with Crippen LogP contribution in [0.2, 0.25) is 0 Å². The maximum Gasteiger partial charge on any atom is 0.136 e. The van der Waals surface area contributed by atoms with Crippen LogP contribution in [0.25, 0.3) is 0 Å². The summed E-state index contributed by atoms with van der Waals surface area (Å²) in [6.45, 7) is 4.70.